The van der Waals surface area contributed by atoms with Crippen LogP contribution in [0.5, 0.6) is 0 Å². The third-order valence-electron chi connectivity index (χ3n) is 4.74. The predicted molar refractivity (Wildman–Crippen MR) is 103 cm³/mol. The van der Waals surface area contributed by atoms with Gasteiger partial charge in [-0.05, 0) is 37.5 Å². The number of benzene rings is 1. The van der Waals surface area contributed by atoms with E-state index in [4.69, 9.17) is 0 Å². The number of nitrogens with zero attached hydrogens (tertiary/aromatic N) is 3. The van der Waals surface area contributed by atoms with Crippen LogP contribution in [0.25, 0.3) is 6.08 Å². The van der Waals surface area contributed by atoms with E-state index >= 15 is 0 Å². The molecule has 1 aliphatic heterocycles. The van der Waals surface area contributed by atoms with Gasteiger partial charge < -0.3 is 14.8 Å². The maximum absolute atomic E-state index is 12.9. The van der Waals surface area contributed by atoms with Crippen molar-refractivity contribution in [2.24, 2.45) is 0 Å². The summed E-state index contributed by atoms with van der Waals surface area (Å²) in [6.07, 6.45) is 9.43. The van der Waals surface area contributed by atoms with Crippen LogP contribution >= 0.6 is 0 Å². The van der Waals surface area contributed by atoms with Gasteiger partial charge in [-0.1, -0.05) is 24.3 Å². The van der Waals surface area contributed by atoms with E-state index in [2.05, 4.69) is 21.3 Å². The van der Waals surface area contributed by atoms with Crippen molar-refractivity contribution in [1.82, 2.24) is 14.9 Å². The largest absolute Gasteiger partial charge is 0.352 e. The van der Waals surface area contributed by atoms with Gasteiger partial charge in [0.15, 0.2) is 5.82 Å². The van der Waals surface area contributed by atoms with Crippen molar-refractivity contribution in [3.05, 3.63) is 64.5 Å². The lowest BCUT2D eigenvalue weighted by Crippen LogP contribution is -2.45. The van der Waals surface area contributed by atoms with Gasteiger partial charge >= 0.3 is 0 Å². The maximum Gasteiger partial charge on any atom is 0.293 e. The molecule has 1 aliphatic rings. The summed E-state index contributed by atoms with van der Waals surface area (Å²) < 4.78 is 14.6. The average molecular weight is 356 g/mol. The highest BCUT2D eigenvalue weighted by Crippen LogP contribution is 2.14. The number of anilines is 1. The molecule has 26 heavy (non-hydrogen) atoms. The van der Waals surface area contributed by atoms with Gasteiger partial charge in [0.05, 0.1) is 0 Å². The summed E-state index contributed by atoms with van der Waals surface area (Å²) in [7, 11) is 0. The molecule has 1 fully saturated rings. The first kappa shape index (κ1) is 18.3. The average Bonchev–Trinajstić information content (AvgIpc) is 2.67. The third kappa shape index (κ3) is 4.58. The first-order chi connectivity index (χ1) is 12.7. The Kier molecular flexibility index (Phi) is 6.17. The van der Waals surface area contributed by atoms with Crippen molar-refractivity contribution in [3.63, 3.8) is 0 Å². The molecule has 0 aliphatic carbocycles. The van der Waals surface area contributed by atoms with Crippen LogP contribution < -0.4 is 15.8 Å². The Labute approximate surface area is 153 Å². The fourth-order valence-electron chi connectivity index (χ4n) is 3.20. The molecule has 0 saturated carbocycles. The summed E-state index contributed by atoms with van der Waals surface area (Å²) in [5.74, 6) is 0.342. The van der Waals surface area contributed by atoms with Crippen molar-refractivity contribution in [3.8, 4) is 0 Å². The summed E-state index contributed by atoms with van der Waals surface area (Å²) in [6, 6.07) is 6.89. The molecule has 0 radical (unpaired) electrons. The maximum atomic E-state index is 12.9. The van der Waals surface area contributed by atoms with Crippen molar-refractivity contribution >= 4 is 11.9 Å². The van der Waals surface area contributed by atoms with Gasteiger partial charge in [0.2, 0.25) is 0 Å². The van der Waals surface area contributed by atoms with Gasteiger partial charge in [0.1, 0.15) is 5.82 Å². The minimum atomic E-state index is -0.217. The molecule has 0 bridgehead atoms. The zero-order valence-corrected chi connectivity index (χ0v) is 15.1. The Morgan fingerprint density at radius 3 is 2.69 bits per heavy atom. The molecule has 138 valence electrons. The molecular formula is C20H25FN4O. The molecule has 1 saturated heterocycles. The highest BCUT2D eigenvalue weighted by Gasteiger charge is 2.21. The number of hydrogen-bond donors (Lipinski definition) is 1. The lowest BCUT2D eigenvalue weighted by atomic mass is 10.1. The van der Waals surface area contributed by atoms with Crippen LogP contribution in [0.3, 0.4) is 0 Å². The third-order valence-corrected chi connectivity index (χ3v) is 4.74. The van der Waals surface area contributed by atoms with Crippen molar-refractivity contribution in [1.29, 1.82) is 0 Å². The van der Waals surface area contributed by atoms with Crippen LogP contribution in [0, 0.1) is 5.82 Å². The van der Waals surface area contributed by atoms with Gasteiger partial charge in [0.25, 0.3) is 5.56 Å². The standard InChI is InChI=1S/C20H25FN4O/c1-2-24-15-12-23-19(20(24)26)25-13-9-18(10-14-25)22-11-3-4-16-5-7-17(21)8-6-16/h3-8,12,15,18,22H,2,9-11,13-14H2,1H3/b4-3+. The van der Waals surface area contributed by atoms with Crippen molar-refractivity contribution in [2.75, 3.05) is 24.5 Å². The number of aryl methyl sites for hydroxylation is 1. The first-order valence-corrected chi connectivity index (χ1v) is 9.13. The summed E-state index contributed by atoms with van der Waals surface area (Å²) >= 11 is 0. The molecule has 0 atom stereocenters. The molecule has 6 heteroatoms. The normalized spacial score (nSPS) is 15.7. The molecule has 3 rings (SSSR count). The Balaban J connectivity index is 1.47. The molecular weight excluding hydrogens is 331 g/mol. The van der Waals surface area contributed by atoms with Crippen LogP contribution in [0.15, 0.2) is 47.5 Å². The van der Waals surface area contributed by atoms with Crippen molar-refractivity contribution < 1.29 is 4.39 Å². The molecule has 0 amide bonds. The van der Waals surface area contributed by atoms with Crippen LogP contribution in [0.2, 0.25) is 0 Å². The van der Waals surface area contributed by atoms with Crippen LogP contribution in [0.1, 0.15) is 25.3 Å². The van der Waals surface area contributed by atoms with Crippen LogP contribution in [0.4, 0.5) is 10.2 Å². The molecule has 0 spiro atoms. The SMILES string of the molecule is CCn1ccnc(N2CCC(NC/C=C/c3ccc(F)cc3)CC2)c1=O. The van der Waals surface area contributed by atoms with E-state index in [0.29, 0.717) is 18.4 Å². The predicted octanol–water partition coefficient (Wildman–Crippen LogP) is 2.67. The number of piperidine rings is 1. The smallest absolute Gasteiger partial charge is 0.293 e. The minimum Gasteiger partial charge on any atom is -0.352 e. The number of nitrogens with one attached hydrogen (secondary N) is 1. The number of aromatic nitrogens is 2. The topological polar surface area (TPSA) is 50.2 Å². The summed E-state index contributed by atoms with van der Waals surface area (Å²) in [4.78, 5) is 18.7. The lowest BCUT2D eigenvalue weighted by Gasteiger charge is -2.32. The van der Waals surface area contributed by atoms with E-state index in [1.54, 1.807) is 29.1 Å². The second-order valence-electron chi connectivity index (χ2n) is 6.47. The van der Waals surface area contributed by atoms with Gasteiger partial charge in [-0.15, -0.1) is 0 Å². The number of halogens is 1. The summed E-state index contributed by atoms with van der Waals surface area (Å²) in [6.45, 7) is 5.05. The quantitative estimate of drug-likeness (QED) is 0.865. The first-order valence-electron chi connectivity index (χ1n) is 9.13. The minimum absolute atomic E-state index is 0.0105. The monoisotopic (exact) mass is 356 g/mol. The molecule has 2 aromatic rings. The Morgan fingerprint density at radius 2 is 2.00 bits per heavy atom. The number of hydrogen-bond acceptors (Lipinski definition) is 4. The number of rotatable bonds is 6. The Hall–Kier alpha value is -2.47. The van der Waals surface area contributed by atoms with Crippen LogP contribution in [-0.2, 0) is 6.54 Å². The second-order valence-corrected chi connectivity index (χ2v) is 6.47. The second kappa shape index (κ2) is 8.76. The Bertz CT molecular complexity index is 792. The zero-order valence-electron chi connectivity index (χ0n) is 15.1. The summed E-state index contributed by atoms with van der Waals surface area (Å²) in [5, 5.41) is 3.52. The van der Waals surface area contributed by atoms with E-state index < -0.39 is 0 Å². The van der Waals surface area contributed by atoms with Crippen LogP contribution in [-0.4, -0.2) is 35.2 Å². The highest BCUT2D eigenvalue weighted by atomic mass is 19.1. The van der Waals surface area contributed by atoms with Gasteiger partial charge in [-0.3, -0.25) is 4.79 Å². The van der Waals surface area contributed by atoms with Gasteiger partial charge in [-0.25, -0.2) is 9.37 Å². The highest BCUT2D eigenvalue weighted by molar-refractivity contribution is 5.49. The van der Waals surface area contributed by atoms with Gasteiger partial charge in [-0.2, -0.15) is 0 Å². The summed E-state index contributed by atoms with van der Waals surface area (Å²) in [5.41, 5.74) is 0.981. The Morgan fingerprint density at radius 1 is 1.27 bits per heavy atom. The van der Waals surface area contributed by atoms with E-state index in [1.165, 1.54) is 12.1 Å². The molecule has 0 unspecified atom stereocenters. The van der Waals surface area contributed by atoms with E-state index in [-0.39, 0.29) is 11.4 Å². The zero-order chi connectivity index (χ0) is 18.4. The fraction of sp³-hybridized carbons (Fsp3) is 0.400. The molecule has 1 N–H and O–H groups in total. The molecule has 1 aromatic carbocycles. The van der Waals surface area contributed by atoms with E-state index in [0.717, 1.165) is 38.0 Å². The van der Waals surface area contributed by atoms with E-state index in [1.807, 2.05) is 13.0 Å². The van der Waals surface area contributed by atoms with Crippen molar-refractivity contribution in [2.45, 2.75) is 32.4 Å². The molecule has 5 nitrogen and oxygen atoms in total. The molecule has 1 aromatic heterocycles. The molecule has 2 heterocycles. The van der Waals surface area contributed by atoms with Gasteiger partial charge in [0, 0.05) is 44.6 Å². The lowest BCUT2D eigenvalue weighted by molar-refractivity contribution is 0.427. The van der Waals surface area contributed by atoms with E-state index in [9.17, 15) is 9.18 Å². The fourth-order valence-corrected chi connectivity index (χ4v) is 3.20.